The van der Waals surface area contributed by atoms with E-state index >= 15 is 0 Å². The van der Waals surface area contributed by atoms with Crippen LogP contribution in [0, 0.1) is 0 Å². The Kier molecular flexibility index (Phi) is 12.7. The summed E-state index contributed by atoms with van der Waals surface area (Å²) in [7, 11) is 3.56. The summed E-state index contributed by atoms with van der Waals surface area (Å²) in [4.78, 5) is 42.6. The topological polar surface area (TPSA) is 132 Å². The first-order valence-electron chi connectivity index (χ1n) is 16.8. The molecule has 0 radical (unpaired) electrons. The average Bonchev–Trinajstić information content (AvgIpc) is 3.71. The fraction of sp³-hybridized carbons (Fsp3) is 0.385. The molecule has 2 heterocycles. The maximum atomic E-state index is 13.6. The van der Waals surface area contributed by atoms with E-state index in [4.69, 9.17) is 14.6 Å². The van der Waals surface area contributed by atoms with Gasteiger partial charge in [0.2, 0.25) is 5.91 Å². The highest BCUT2D eigenvalue weighted by molar-refractivity contribution is 6.05. The fourth-order valence-electron chi connectivity index (χ4n) is 6.02. The zero-order valence-electron chi connectivity index (χ0n) is 29.3. The lowest BCUT2D eigenvalue weighted by atomic mass is 9.93. The largest absolute Gasteiger partial charge is 0.490 e. The first-order valence-corrected chi connectivity index (χ1v) is 16.8. The predicted molar refractivity (Wildman–Crippen MR) is 194 cm³/mol. The number of aromatic nitrogens is 2. The lowest BCUT2D eigenvalue weighted by Gasteiger charge is -2.25. The Morgan fingerprint density at radius 3 is 2.43 bits per heavy atom. The number of nitrogens with zero attached hydrogens (tertiary/aromatic N) is 2. The molecule has 0 spiro atoms. The number of aryl methyl sites for hydroxylation is 1. The van der Waals surface area contributed by atoms with E-state index in [9.17, 15) is 14.4 Å². The second-order valence-corrected chi connectivity index (χ2v) is 12.8. The number of amides is 2. The van der Waals surface area contributed by atoms with Crippen LogP contribution in [-0.2, 0) is 21.4 Å². The van der Waals surface area contributed by atoms with Crippen LogP contribution in [0.5, 0.6) is 5.75 Å². The lowest BCUT2D eigenvalue weighted by molar-refractivity contribution is -0.131. The summed E-state index contributed by atoms with van der Waals surface area (Å²) in [6.07, 6.45) is 10.2. The van der Waals surface area contributed by atoms with Gasteiger partial charge in [-0.05, 0) is 80.6 Å². The summed E-state index contributed by atoms with van der Waals surface area (Å²) in [5, 5.41) is 15.9. The second kappa shape index (κ2) is 16.9. The number of fused-ring (bicyclic) bond motifs is 1. The van der Waals surface area contributed by atoms with E-state index in [0.717, 1.165) is 41.2 Å². The van der Waals surface area contributed by atoms with Crippen molar-refractivity contribution in [3.8, 4) is 17.1 Å². The minimum Gasteiger partial charge on any atom is -0.490 e. The maximum absolute atomic E-state index is 13.6. The lowest BCUT2D eigenvalue weighted by Crippen LogP contribution is -2.52. The number of carboxylic acids is 1. The van der Waals surface area contributed by atoms with Gasteiger partial charge in [0.25, 0.3) is 5.91 Å². The van der Waals surface area contributed by atoms with Crippen molar-refractivity contribution >= 4 is 40.4 Å². The second-order valence-electron chi connectivity index (χ2n) is 12.8. The minimum absolute atomic E-state index is 0.236. The standard InChI is InChI=1S/C36H40N4O6.C3H8/c1-36(2,35(44)38-26-15-12-23(14-17-31(41)42)30(22-26)46-20-19-45-4)39-34(43)25-13-16-27-29(21-25)40(3)33(28-11-7-8-18-37-28)32(27)24-9-5-6-10-24;1-3-2/h7-8,11-18,21-22,24H,5-6,9-10,19-20H2,1-4H3,(H,38,44)(H,39,43)(H,41,42);3H2,1-2H3/b17-14+;. The Hall–Kier alpha value is -4.96. The van der Waals surface area contributed by atoms with Gasteiger partial charge in [-0.3, -0.25) is 14.6 Å². The Bertz CT molecular complexity index is 1790. The van der Waals surface area contributed by atoms with Crippen LogP contribution in [-0.4, -0.2) is 58.3 Å². The third-order valence-electron chi connectivity index (χ3n) is 8.39. The van der Waals surface area contributed by atoms with Crippen molar-refractivity contribution in [3.05, 3.63) is 83.6 Å². The van der Waals surface area contributed by atoms with Crippen LogP contribution in [0.4, 0.5) is 5.69 Å². The van der Waals surface area contributed by atoms with Crippen molar-refractivity contribution in [2.24, 2.45) is 7.05 Å². The zero-order valence-corrected chi connectivity index (χ0v) is 29.3. The number of pyridine rings is 1. The van der Waals surface area contributed by atoms with E-state index in [2.05, 4.69) is 34.0 Å². The molecular formula is C39H48N4O6. The van der Waals surface area contributed by atoms with E-state index in [1.165, 1.54) is 30.9 Å². The number of anilines is 1. The van der Waals surface area contributed by atoms with Gasteiger partial charge in [0.1, 0.15) is 17.9 Å². The monoisotopic (exact) mass is 668 g/mol. The molecule has 10 heteroatoms. The first kappa shape index (κ1) is 36.9. The van der Waals surface area contributed by atoms with Crippen molar-refractivity contribution in [2.45, 2.75) is 71.3 Å². The molecule has 0 unspecified atom stereocenters. The molecule has 0 bridgehead atoms. The van der Waals surface area contributed by atoms with Gasteiger partial charge in [0, 0.05) is 60.2 Å². The zero-order chi connectivity index (χ0) is 35.6. The van der Waals surface area contributed by atoms with Gasteiger partial charge < -0.3 is 29.8 Å². The molecular weight excluding hydrogens is 620 g/mol. The molecule has 4 aromatic rings. The van der Waals surface area contributed by atoms with Crippen molar-refractivity contribution in [3.63, 3.8) is 0 Å². The highest BCUT2D eigenvalue weighted by atomic mass is 16.5. The summed E-state index contributed by atoms with van der Waals surface area (Å²) in [6, 6.07) is 16.5. The molecule has 2 amide bonds. The SMILES string of the molecule is CCC.COCCOc1cc(NC(=O)C(C)(C)NC(=O)c2ccc3c(C4CCCC4)c(-c4ccccn4)n(C)c3c2)ccc1/C=C/C(=O)O. The molecule has 2 aromatic heterocycles. The van der Waals surface area contributed by atoms with Crippen LogP contribution >= 0.6 is 0 Å². The Labute approximate surface area is 288 Å². The summed E-state index contributed by atoms with van der Waals surface area (Å²) < 4.78 is 12.9. The van der Waals surface area contributed by atoms with Gasteiger partial charge in [0.05, 0.1) is 18.0 Å². The van der Waals surface area contributed by atoms with E-state index < -0.39 is 17.4 Å². The smallest absolute Gasteiger partial charge is 0.328 e. The number of aliphatic carboxylic acids is 1. The third-order valence-corrected chi connectivity index (χ3v) is 8.39. The normalized spacial score (nSPS) is 13.3. The molecule has 260 valence electrons. The number of hydrogen-bond acceptors (Lipinski definition) is 6. The third kappa shape index (κ3) is 9.14. The average molecular weight is 669 g/mol. The van der Waals surface area contributed by atoms with Crippen LogP contribution in [0.25, 0.3) is 28.4 Å². The first-order chi connectivity index (χ1) is 23.5. The van der Waals surface area contributed by atoms with Crippen LogP contribution < -0.4 is 15.4 Å². The molecule has 5 rings (SSSR count). The number of benzene rings is 2. The van der Waals surface area contributed by atoms with E-state index in [-0.39, 0.29) is 12.5 Å². The predicted octanol–water partition coefficient (Wildman–Crippen LogP) is 7.58. The molecule has 2 aromatic carbocycles. The Balaban J connectivity index is 0.00000174. The van der Waals surface area contributed by atoms with E-state index in [1.807, 2.05) is 43.4 Å². The number of rotatable bonds is 12. The van der Waals surface area contributed by atoms with Gasteiger partial charge in [-0.1, -0.05) is 45.2 Å². The molecule has 0 aliphatic heterocycles. The minimum atomic E-state index is -1.27. The number of ether oxygens (including phenoxy) is 2. The molecule has 1 aliphatic rings. The Morgan fingerprint density at radius 2 is 1.78 bits per heavy atom. The van der Waals surface area contributed by atoms with Crippen LogP contribution in [0.3, 0.4) is 0 Å². The molecule has 10 nitrogen and oxygen atoms in total. The molecule has 1 saturated carbocycles. The summed E-state index contributed by atoms with van der Waals surface area (Å²) in [5.41, 5.74) is 4.35. The number of carboxylic acid groups (broad SMARTS) is 1. The van der Waals surface area contributed by atoms with Gasteiger partial charge >= 0.3 is 5.97 Å². The van der Waals surface area contributed by atoms with Crippen molar-refractivity contribution in [2.75, 3.05) is 25.6 Å². The summed E-state index contributed by atoms with van der Waals surface area (Å²) >= 11 is 0. The molecule has 0 saturated heterocycles. The van der Waals surface area contributed by atoms with Gasteiger partial charge in [-0.25, -0.2) is 4.79 Å². The Morgan fingerprint density at radius 1 is 1.04 bits per heavy atom. The molecule has 3 N–H and O–H groups in total. The van der Waals surface area contributed by atoms with E-state index in [0.29, 0.717) is 35.1 Å². The van der Waals surface area contributed by atoms with Crippen LogP contribution in [0.2, 0.25) is 0 Å². The van der Waals surface area contributed by atoms with Gasteiger partial charge in [0.15, 0.2) is 0 Å². The highest BCUT2D eigenvalue weighted by Gasteiger charge is 2.31. The van der Waals surface area contributed by atoms with Crippen molar-refractivity contribution < 1.29 is 29.0 Å². The molecule has 1 aliphatic carbocycles. The van der Waals surface area contributed by atoms with Crippen molar-refractivity contribution in [1.82, 2.24) is 14.9 Å². The van der Waals surface area contributed by atoms with Crippen LogP contribution in [0.1, 0.15) is 87.2 Å². The summed E-state index contributed by atoms with van der Waals surface area (Å²) in [5.74, 6) is -1.07. The highest BCUT2D eigenvalue weighted by Crippen LogP contribution is 2.44. The molecule has 0 atom stereocenters. The molecule has 49 heavy (non-hydrogen) atoms. The number of nitrogens with one attached hydrogen (secondary N) is 2. The number of methoxy groups -OCH3 is 1. The number of hydrogen-bond donors (Lipinski definition) is 3. The summed E-state index contributed by atoms with van der Waals surface area (Å²) in [6.45, 7) is 8.09. The quantitative estimate of drug-likeness (QED) is 0.105. The van der Waals surface area contributed by atoms with Crippen molar-refractivity contribution in [1.29, 1.82) is 0 Å². The van der Waals surface area contributed by atoms with Gasteiger partial charge in [-0.2, -0.15) is 0 Å². The number of carbonyl (C=O) groups excluding carboxylic acids is 2. The number of carbonyl (C=O) groups is 3. The fourth-order valence-corrected chi connectivity index (χ4v) is 6.02. The molecule has 1 fully saturated rings. The maximum Gasteiger partial charge on any atom is 0.328 e. The van der Waals surface area contributed by atoms with Gasteiger partial charge in [-0.15, -0.1) is 0 Å². The van der Waals surface area contributed by atoms with Crippen LogP contribution in [0.15, 0.2) is 66.9 Å². The van der Waals surface area contributed by atoms with E-state index in [1.54, 1.807) is 45.4 Å².